The van der Waals surface area contributed by atoms with Gasteiger partial charge in [0.25, 0.3) is 0 Å². The van der Waals surface area contributed by atoms with Crippen LogP contribution in [0.4, 0.5) is 5.82 Å². The molecule has 3 nitrogen and oxygen atoms in total. The summed E-state index contributed by atoms with van der Waals surface area (Å²) < 4.78 is 0. The van der Waals surface area contributed by atoms with Crippen molar-refractivity contribution in [3.05, 3.63) is 54.0 Å². The van der Waals surface area contributed by atoms with Crippen LogP contribution in [-0.4, -0.2) is 22.4 Å². The van der Waals surface area contributed by atoms with Crippen molar-refractivity contribution in [2.75, 3.05) is 17.3 Å². The van der Waals surface area contributed by atoms with Crippen molar-refractivity contribution in [2.45, 2.75) is 26.3 Å². The normalized spacial score (nSPS) is 10.8. The summed E-state index contributed by atoms with van der Waals surface area (Å²) in [5.74, 6) is 1.91. The second kappa shape index (κ2) is 7.25. The first-order chi connectivity index (χ1) is 9.70. The van der Waals surface area contributed by atoms with E-state index in [9.17, 15) is 0 Å². The molecule has 0 fully saturated rings. The van der Waals surface area contributed by atoms with E-state index in [1.165, 1.54) is 5.56 Å². The van der Waals surface area contributed by atoms with Crippen LogP contribution in [0.3, 0.4) is 0 Å². The molecule has 0 saturated heterocycles. The molecule has 20 heavy (non-hydrogen) atoms. The predicted molar refractivity (Wildman–Crippen MR) is 84.3 cm³/mol. The number of anilines is 1. The van der Waals surface area contributed by atoms with Crippen LogP contribution >= 0.6 is 11.6 Å². The van der Waals surface area contributed by atoms with Gasteiger partial charge in [-0.3, -0.25) is 0 Å². The molecule has 0 aliphatic carbocycles. The van der Waals surface area contributed by atoms with Crippen LogP contribution in [0.25, 0.3) is 0 Å². The lowest BCUT2D eigenvalue weighted by molar-refractivity contribution is 0.781. The van der Waals surface area contributed by atoms with E-state index in [1.807, 2.05) is 18.2 Å². The highest BCUT2D eigenvalue weighted by atomic mass is 35.5. The van der Waals surface area contributed by atoms with Gasteiger partial charge in [0.1, 0.15) is 12.1 Å². The largest absolute Gasteiger partial charge is 0.351 e. The number of halogens is 1. The van der Waals surface area contributed by atoms with E-state index in [-0.39, 0.29) is 0 Å². The number of rotatable bonds is 6. The Morgan fingerprint density at radius 2 is 1.90 bits per heavy atom. The van der Waals surface area contributed by atoms with E-state index in [4.69, 9.17) is 11.6 Å². The number of hydrogen-bond acceptors (Lipinski definition) is 3. The van der Waals surface area contributed by atoms with Crippen molar-refractivity contribution in [3.8, 4) is 0 Å². The van der Waals surface area contributed by atoms with Crippen LogP contribution in [0.1, 0.15) is 31.0 Å². The molecule has 106 valence electrons. The SMILES string of the molecule is CC(C)c1cc(N(CCCl)Cc2ccccc2)ncn1. The van der Waals surface area contributed by atoms with Gasteiger partial charge in [-0.2, -0.15) is 0 Å². The molecule has 1 heterocycles. The highest BCUT2D eigenvalue weighted by molar-refractivity contribution is 6.18. The average Bonchev–Trinajstić information content (AvgIpc) is 2.48. The third-order valence-electron chi connectivity index (χ3n) is 3.16. The predicted octanol–water partition coefficient (Wildman–Crippen LogP) is 3.85. The molecule has 2 rings (SSSR count). The van der Waals surface area contributed by atoms with Crippen LogP contribution in [0, 0.1) is 0 Å². The number of alkyl halides is 1. The Labute approximate surface area is 125 Å². The second-order valence-electron chi connectivity index (χ2n) is 5.05. The summed E-state index contributed by atoms with van der Waals surface area (Å²) in [7, 11) is 0. The van der Waals surface area contributed by atoms with Gasteiger partial charge in [0.15, 0.2) is 0 Å². The molecule has 0 radical (unpaired) electrons. The number of aromatic nitrogens is 2. The number of benzene rings is 1. The molecule has 0 aliphatic rings. The van der Waals surface area contributed by atoms with Gasteiger partial charge in [-0.1, -0.05) is 44.2 Å². The van der Waals surface area contributed by atoms with Crippen molar-refractivity contribution in [3.63, 3.8) is 0 Å². The van der Waals surface area contributed by atoms with E-state index >= 15 is 0 Å². The van der Waals surface area contributed by atoms with Gasteiger partial charge in [0, 0.05) is 30.7 Å². The lowest BCUT2D eigenvalue weighted by Crippen LogP contribution is -2.26. The smallest absolute Gasteiger partial charge is 0.132 e. The van der Waals surface area contributed by atoms with Gasteiger partial charge in [0.2, 0.25) is 0 Å². The van der Waals surface area contributed by atoms with Gasteiger partial charge in [-0.15, -0.1) is 11.6 Å². The molecule has 0 unspecified atom stereocenters. The van der Waals surface area contributed by atoms with Gasteiger partial charge in [-0.25, -0.2) is 9.97 Å². The Bertz CT molecular complexity index is 528. The van der Waals surface area contributed by atoms with E-state index in [1.54, 1.807) is 6.33 Å². The third-order valence-corrected chi connectivity index (χ3v) is 3.33. The van der Waals surface area contributed by atoms with Crippen molar-refractivity contribution < 1.29 is 0 Å². The molecule has 2 aromatic rings. The minimum absolute atomic E-state index is 0.395. The minimum Gasteiger partial charge on any atom is -0.351 e. The van der Waals surface area contributed by atoms with Gasteiger partial charge < -0.3 is 4.90 Å². The molecule has 0 aliphatic heterocycles. The summed E-state index contributed by atoms with van der Waals surface area (Å²) in [5, 5.41) is 0. The summed E-state index contributed by atoms with van der Waals surface area (Å²) in [6.45, 7) is 5.84. The summed E-state index contributed by atoms with van der Waals surface area (Å²) in [6.07, 6.45) is 1.64. The van der Waals surface area contributed by atoms with Gasteiger partial charge >= 0.3 is 0 Å². The minimum atomic E-state index is 0.395. The lowest BCUT2D eigenvalue weighted by atomic mass is 10.1. The zero-order chi connectivity index (χ0) is 14.4. The van der Waals surface area contributed by atoms with Crippen LogP contribution in [0.15, 0.2) is 42.7 Å². The molecule has 0 amide bonds. The molecule has 0 N–H and O–H groups in total. The fourth-order valence-electron chi connectivity index (χ4n) is 2.03. The Morgan fingerprint density at radius 3 is 2.55 bits per heavy atom. The second-order valence-corrected chi connectivity index (χ2v) is 5.43. The van der Waals surface area contributed by atoms with Crippen LogP contribution in [0.2, 0.25) is 0 Å². The van der Waals surface area contributed by atoms with Crippen LogP contribution in [0.5, 0.6) is 0 Å². The van der Waals surface area contributed by atoms with E-state index < -0.39 is 0 Å². The molecule has 0 bridgehead atoms. The summed E-state index contributed by atoms with van der Waals surface area (Å²) >= 11 is 5.93. The fourth-order valence-corrected chi connectivity index (χ4v) is 2.23. The van der Waals surface area contributed by atoms with Crippen molar-refractivity contribution in [1.82, 2.24) is 9.97 Å². The lowest BCUT2D eigenvalue weighted by Gasteiger charge is -2.23. The topological polar surface area (TPSA) is 29.0 Å². The highest BCUT2D eigenvalue weighted by Crippen LogP contribution is 2.19. The van der Waals surface area contributed by atoms with E-state index in [2.05, 4.69) is 46.9 Å². The average molecular weight is 290 g/mol. The van der Waals surface area contributed by atoms with Gasteiger partial charge in [-0.05, 0) is 11.5 Å². The van der Waals surface area contributed by atoms with Crippen LogP contribution < -0.4 is 4.90 Å². The van der Waals surface area contributed by atoms with E-state index in [0.29, 0.717) is 11.8 Å². The molecule has 0 saturated carbocycles. The zero-order valence-electron chi connectivity index (χ0n) is 12.0. The van der Waals surface area contributed by atoms with Crippen LogP contribution in [-0.2, 0) is 6.54 Å². The molecular weight excluding hydrogens is 270 g/mol. The summed E-state index contributed by atoms with van der Waals surface area (Å²) in [4.78, 5) is 10.9. The Kier molecular flexibility index (Phi) is 5.36. The monoisotopic (exact) mass is 289 g/mol. The first-order valence-electron chi connectivity index (χ1n) is 6.87. The molecule has 0 atom stereocenters. The number of hydrogen-bond donors (Lipinski definition) is 0. The highest BCUT2D eigenvalue weighted by Gasteiger charge is 2.10. The third kappa shape index (κ3) is 3.94. The summed E-state index contributed by atoms with van der Waals surface area (Å²) in [5.41, 5.74) is 2.31. The Balaban J connectivity index is 2.21. The fraction of sp³-hybridized carbons (Fsp3) is 0.375. The summed E-state index contributed by atoms with van der Waals surface area (Å²) in [6, 6.07) is 12.4. The maximum Gasteiger partial charge on any atom is 0.132 e. The first-order valence-corrected chi connectivity index (χ1v) is 7.41. The maximum atomic E-state index is 5.93. The molecular formula is C16H20ClN3. The van der Waals surface area contributed by atoms with Crippen molar-refractivity contribution in [1.29, 1.82) is 0 Å². The molecule has 0 spiro atoms. The molecule has 1 aromatic heterocycles. The molecule has 4 heteroatoms. The standard InChI is InChI=1S/C16H20ClN3/c1-13(2)15-10-16(19-12-18-15)20(9-8-17)11-14-6-4-3-5-7-14/h3-7,10,12-13H,8-9,11H2,1-2H3. The van der Waals surface area contributed by atoms with E-state index in [0.717, 1.165) is 24.6 Å². The van der Waals surface area contributed by atoms with Gasteiger partial charge in [0.05, 0.1) is 0 Å². The van der Waals surface area contributed by atoms with Crippen molar-refractivity contribution >= 4 is 17.4 Å². The van der Waals surface area contributed by atoms with Crippen molar-refractivity contribution in [2.24, 2.45) is 0 Å². The first kappa shape index (κ1) is 14.8. The zero-order valence-corrected chi connectivity index (χ0v) is 12.7. The molecule has 1 aromatic carbocycles. The maximum absolute atomic E-state index is 5.93. The Morgan fingerprint density at radius 1 is 1.15 bits per heavy atom. The quantitative estimate of drug-likeness (QED) is 0.757. The number of nitrogens with zero attached hydrogens (tertiary/aromatic N) is 3. The Hall–Kier alpha value is -1.61.